The lowest BCUT2D eigenvalue weighted by atomic mass is 10.2. The highest BCUT2D eigenvalue weighted by Crippen LogP contribution is 2.35. The number of nitrogens with zero attached hydrogens (tertiary/aromatic N) is 1. The van der Waals surface area contributed by atoms with Crippen molar-refractivity contribution in [2.24, 2.45) is 0 Å². The van der Waals surface area contributed by atoms with Gasteiger partial charge >= 0.3 is 11.9 Å². The van der Waals surface area contributed by atoms with E-state index in [0.29, 0.717) is 11.8 Å². The van der Waals surface area contributed by atoms with Crippen molar-refractivity contribution >= 4 is 18.3 Å². The molecule has 1 aromatic rings. The molecule has 94 valence electrons. The van der Waals surface area contributed by atoms with Gasteiger partial charge in [0.1, 0.15) is 0 Å². The molecule has 17 heavy (non-hydrogen) atoms. The molecule has 1 aromatic carbocycles. The number of rotatable bonds is 4. The fourth-order valence-corrected chi connectivity index (χ4v) is 1.21. The number of nitro groups is 1. The van der Waals surface area contributed by atoms with Crippen LogP contribution in [0.15, 0.2) is 18.2 Å². The summed E-state index contributed by atoms with van der Waals surface area (Å²) in [6.07, 6.45) is -4.62. The molecule has 0 unspecified atom stereocenters. The summed E-state index contributed by atoms with van der Waals surface area (Å²) in [6, 6.07) is 2.12. The third-order valence-corrected chi connectivity index (χ3v) is 2.01. The van der Waals surface area contributed by atoms with Crippen LogP contribution in [0.2, 0.25) is 0 Å². The molecule has 4 nitrogen and oxygen atoms in total. The van der Waals surface area contributed by atoms with E-state index in [4.69, 9.17) is 4.74 Å². The molecule has 0 heterocycles. The van der Waals surface area contributed by atoms with Crippen molar-refractivity contribution in [3.8, 4) is 5.75 Å². The number of thiol groups is 1. The number of benzene rings is 1. The number of halogens is 3. The van der Waals surface area contributed by atoms with Gasteiger partial charge in [-0.1, -0.05) is 0 Å². The fourth-order valence-electron chi connectivity index (χ4n) is 1.11. The summed E-state index contributed by atoms with van der Waals surface area (Å²) < 4.78 is 41.9. The number of hydrogen-bond donors (Lipinski definition) is 1. The van der Waals surface area contributed by atoms with Crippen molar-refractivity contribution < 1.29 is 22.8 Å². The molecular weight excluding hydrogens is 259 g/mol. The molecule has 0 saturated heterocycles. The van der Waals surface area contributed by atoms with E-state index < -0.39 is 22.4 Å². The van der Waals surface area contributed by atoms with Gasteiger partial charge in [-0.2, -0.15) is 25.8 Å². The molecule has 0 aromatic heterocycles. The lowest BCUT2D eigenvalue weighted by Gasteiger charge is -2.09. The molecule has 1 rings (SSSR count). The molecule has 0 aliphatic carbocycles. The SMILES string of the molecule is O=[N+]([O-])c1cc(C(F)(F)F)ccc1OCCS. The predicted molar refractivity (Wildman–Crippen MR) is 57.4 cm³/mol. The van der Waals surface area contributed by atoms with E-state index in [2.05, 4.69) is 12.6 Å². The average molecular weight is 267 g/mol. The van der Waals surface area contributed by atoms with Crippen LogP contribution < -0.4 is 4.74 Å². The third-order valence-electron chi connectivity index (χ3n) is 1.83. The maximum Gasteiger partial charge on any atom is 0.416 e. The van der Waals surface area contributed by atoms with Crippen molar-refractivity contribution in [3.05, 3.63) is 33.9 Å². The topological polar surface area (TPSA) is 52.4 Å². The molecule has 0 saturated carbocycles. The van der Waals surface area contributed by atoms with E-state index in [0.717, 1.165) is 12.1 Å². The molecule has 0 atom stereocenters. The third kappa shape index (κ3) is 3.52. The van der Waals surface area contributed by atoms with Crippen molar-refractivity contribution in [2.45, 2.75) is 6.18 Å². The normalized spacial score (nSPS) is 11.3. The Bertz CT molecular complexity index is 422. The second-order valence-corrected chi connectivity index (χ2v) is 3.46. The molecule has 0 fully saturated rings. The molecule has 0 N–H and O–H groups in total. The lowest BCUT2D eigenvalue weighted by molar-refractivity contribution is -0.386. The molecule has 0 aliphatic rings. The number of ether oxygens (including phenoxy) is 1. The van der Waals surface area contributed by atoms with Gasteiger partial charge in [-0.05, 0) is 12.1 Å². The first-order chi connectivity index (χ1) is 7.86. The largest absolute Gasteiger partial charge is 0.486 e. The molecule has 0 amide bonds. The fraction of sp³-hybridized carbons (Fsp3) is 0.333. The van der Waals surface area contributed by atoms with Gasteiger partial charge in [0.2, 0.25) is 0 Å². The molecule has 8 heteroatoms. The van der Waals surface area contributed by atoms with Gasteiger partial charge < -0.3 is 4.74 Å². The Morgan fingerprint density at radius 3 is 2.53 bits per heavy atom. The maximum absolute atomic E-state index is 12.3. The van der Waals surface area contributed by atoms with Gasteiger partial charge in [0.05, 0.1) is 17.1 Å². The first-order valence-corrected chi connectivity index (χ1v) is 5.09. The predicted octanol–water partition coefficient (Wildman–Crippen LogP) is 2.92. The first kappa shape index (κ1) is 13.6. The molecule has 0 spiro atoms. The number of hydrogen-bond acceptors (Lipinski definition) is 4. The van der Waals surface area contributed by atoms with Crippen molar-refractivity contribution in [1.29, 1.82) is 0 Å². The van der Waals surface area contributed by atoms with Gasteiger partial charge in [-0.15, -0.1) is 0 Å². The minimum atomic E-state index is -4.62. The van der Waals surface area contributed by atoms with E-state index in [1.165, 1.54) is 0 Å². The second kappa shape index (κ2) is 5.26. The maximum atomic E-state index is 12.3. The highest BCUT2D eigenvalue weighted by Gasteiger charge is 2.33. The highest BCUT2D eigenvalue weighted by atomic mass is 32.1. The van der Waals surface area contributed by atoms with Crippen molar-refractivity contribution in [2.75, 3.05) is 12.4 Å². The quantitative estimate of drug-likeness (QED) is 0.518. The van der Waals surface area contributed by atoms with Crippen molar-refractivity contribution in [1.82, 2.24) is 0 Å². The molecule has 0 bridgehead atoms. The number of alkyl halides is 3. The first-order valence-electron chi connectivity index (χ1n) is 4.45. The summed E-state index contributed by atoms with van der Waals surface area (Å²) in [7, 11) is 0. The second-order valence-electron chi connectivity index (χ2n) is 3.01. The van der Waals surface area contributed by atoms with Crippen LogP contribution in [0.1, 0.15) is 5.56 Å². The Kier molecular flexibility index (Phi) is 4.22. The van der Waals surface area contributed by atoms with Gasteiger partial charge in [0.15, 0.2) is 5.75 Å². The van der Waals surface area contributed by atoms with Crippen LogP contribution in [0.5, 0.6) is 5.75 Å². The van der Waals surface area contributed by atoms with Gasteiger partial charge in [-0.25, -0.2) is 0 Å². The highest BCUT2D eigenvalue weighted by molar-refractivity contribution is 7.80. The summed E-state index contributed by atoms with van der Waals surface area (Å²) in [5.41, 5.74) is -1.79. The standard InChI is InChI=1S/C9H8F3NO3S/c10-9(11,12)6-1-2-8(16-3-4-17)7(5-6)13(14)15/h1-2,5,17H,3-4H2. The van der Waals surface area contributed by atoms with Gasteiger partial charge in [0.25, 0.3) is 0 Å². The van der Waals surface area contributed by atoms with E-state index in [1.807, 2.05) is 0 Å². The Hall–Kier alpha value is -1.44. The number of nitro benzene ring substituents is 1. The van der Waals surface area contributed by atoms with Crippen LogP contribution in [-0.4, -0.2) is 17.3 Å². The minimum absolute atomic E-state index is 0.0787. The van der Waals surface area contributed by atoms with Crippen LogP contribution in [0, 0.1) is 10.1 Å². The van der Waals surface area contributed by atoms with Crippen LogP contribution in [0.4, 0.5) is 18.9 Å². The van der Waals surface area contributed by atoms with Crippen LogP contribution in [-0.2, 0) is 6.18 Å². The van der Waals surface area contributed by atoms with Gasteiger partial charge in [-0.3, -0.25) is 10.1 Å². The van der Waals surface area contributed by atoms with E-state index in [-0.39, 0.29) is 12.4 Å². The van der Waals surface area contributed by atoms with Crippen LogP contribution >= 0.6 is 12.6 Å². The van der Waals surface area contributed by atoms with E-state index >= 15 is 0 Å². The zero-order chi connectivity index (χ0) is 13.1. The van der Waals surface area contributed by atoms with Crippen molar-refractivity contribution in [3.63, 3.8) is 0 Å². The summed E-state index contributed by atoms with van der Waals surface area (Å²) in [5.74, 6) is 0.107. The lowest BCUT2D eigenvalue weighted by Crippen LogP contribution is -2.07. The Labute approximate surface area is 99.9 Å². The summed E-state index contributed by atoms with van der Waals surface area (Å²) in [5, 5.41) is 10.6. The summed E-state index contributed by atoms with van der Waals surface area (Å²) >= 11 is 3.83. The zero-order valence-electron chi connectivity index (χ0n) is 8.40. The summed E-state index contributed by atoms with van der Waals surface area (Å²) in [4.78, 5) is 9.69. The Balaban J connectivity index is 3.13. The van der Waals surface area contributed by atoms with E-state index in [9.17, 15) is 23.3 Å². The monoisotopic (exact) mass is 267 g/mol. The Morgan fingerprint density at radius 1 is 1.41 bits per heavy atom. The molecule has 0 aliphatic heterocycles. The molecular formula is C9H8F3NO3S. The smallest absolute Gasteiger partial charge is 0.416 e. The van der Waals surface area contributed by atoms with Crippen LogP contribution in [0.3, 0.4) is 0 Å². The summed E-state index contributed by atoms with van der Waals surface area (Å²) in [6.45, 7) is 0.0787. The van der Waals surface area contributed by atoms with E-state index in [1.54, 1.807) is 0 Å². The average Bonchev–Trinajstić information content (AvgIpc) is 2.24. The van der Waals surface area contributed by atoms with Gasteiger partial charge in [0, 0.05) is 11.8 Å². The molecule has 0 radical (unpaired) electrons. The minimum Gasteiger partial charge on any atom is -0.486 e. The zero-order valence-corrected chi connectivity index (χ0v) is 9.29. The Morgan fingerprint density at radius 2 is 2.06 bits per heavy atom. The van der Waals surface area contributed by atoms with Crippen LogP contribution in [0.25, 0.3) is 0 Å².